The van der Waals surface area contributed by atoms with Crippen LogP contribution in [0.4, 0.5) is 0 Å². The van der Waals surface area contributed by atoms with Gasteiger partial charge < -0.3 is 5.32 Å². The van der Waals surface area contributed by atoms with Gasteiger partial charge in [0.25, 0.3) is 0 Å². The molecule has 0 amide bonds. The highest BCUT2D eigenvalue weighted by molar-refractivity contribution is 5.07. The van der Waals surface area contributed by atoms with Crippen molar-refractivity contribution in [2.24, 2.45) is 11.8 Å². The van der Waals surface area contributed by atoms with E-state index < -0.39 is 0 Å². The van der Waals surface area contributed by atoms with Crippen molar-refractivity contribution in [2.45, 2.75) is 51.6 Å². The van der Waals surface area contributed by atoms with Crippen LogP contribution in [0.3, 0.4) is 0 Å². The van der Waals surface area contributed by atoms with E-state index in [9.17, 15) is 0 Å². The molecule has 3 nitrogen and oxygen atoms in total. The SMILES string of the molecule is CC(C)C1CNC(C)(C2CC2)CN1CCc1ccccn1. The van der Waals surface area contributed by atoms with E-state index in [2.05, 4.69) is 48.1 Å². The molecule has 2 aliphatic rings. The van der Waals surface area contributed by atoms with Crippen LogP contribution in [0.15, 0.2) is 24.4 Å². The molecule has 0 spiro atoms. The highest BCUT2D eigenvalue weighted by atomic mass is 15.3. The average molecular weight is 287 g/mol. The molecule has 0 radical (unpaired) electrons. The Balaban J connectivity index is 1.65. The lowest BCUT2D eigenvalue weighted by molar-refractivity contribution is 0.0532. The van der Waals surface area contributed by atoms with Crippen LogP contribution >= 0.6 is 0 Å². The van der Waals surface area contributed by atoms with Gasteiger partial charge in [-0.1, -0.05) is 19.9 Å². The molecule has 2 fully saturated rings. The zero-order valence-electron chi connectivity index (χ0n) is 13.7. The summed E-state index contributed by atoms with van der Waals surface area (Å²) in [5, 5.41) is 3.86. The van der Waals surface area contributed by atoms with Crippen LogP contribution in [0.2, 0.25) is 0 Å². The van der Waals surface area contributed by atoms with Gasteiger partial charge in [-0.05, 0) is 43.7 Å². The molecule has 1 aromatic heterocycles. The number of aromatic nitrogens is 1. The van der Waals surface area contributed by atoms with Crippen molar-refractivity contribution >= 4 is 0 Å². The maximum absolute atomic E-state index is 4.47. The normalized spacial score (nSPS) is 30.8. The number of piperazine rings is 1. The Morgan fingerprint density at radius 1 is 1.38 bits per heavy atom. The van der Waals surface area contributed by atoms with Crippen molar-refractivity contribution in [3.8, 4) is 0 Å². The third kappa shape index (κ3) is 3.46. The monoisotopic (exact) mass is 287 g/mol. The largest absolute Gasteiger partial charge is 0.308 e. The molecule has 2 heterocycles. The lowest BCUT2D eigenvalue weighted by Gasteiger charge is -2.48. The third-order valence-corrected chi connectivity index (χ3v) is 5.34. The van der Waals surface area contributed by atoms with E-state index in [0.29, 0.717) is 17.5 Å². The van der Waals surface area contributed by atoms with Gasteiger partial charge in [-0.15, -0.1) is 0 Å². The Kier molecular flexibility index (Phi) is 4.32. The van der Waals surface area contributed by atoms with Crippen molar-refractivity contribution in [2.75, 3.05) is 19.6 Å². The fourth-order valence-corrected chi connectivity index (χ4v) is 3.76. The van der Waals surface area contributed by atoms with Gasteiger partial charge >= 0.3 is 0 Å². The Morgan fingerprint density at radius 2 is 2.19 bits per heavy atom. The van der Waals surface area contributed by atoms with Crippen molar-refractivity contribution in [1.29, 1.82) is 0 Å². The van der Waals surface area contributed by atoms with Gasteiger partial charge in [-0.25, -0.2) is 0 Å². The molecule has 1 aliphatic carbocycles. The summed E-state index contributed by atoms with van der Waals surface area (Å²) in [5.41, 5.74) is 1.54. The second-order valence-corrected chi connectivity index (χ2v) is 7.43. The first-order chi connectivity index (χ1) is 10.1. The number of rotatable bonds is 5. The predicted molar refractivity (Wildman–Crippen MR) is 87.3 cm³/mol. The second kappa shape index (κ2) is 6.05. The Morgan fingerprint density at radius 3 is 2.81 bits per heavy atom. The Bertz CT molecular complexity index is 455. The molecule has 1 aliphatic heterocycles. The van der Waals surface area contributed by atoms with Gasteiger partial charge in [0, 0.05) is 49.5 Å². The summed E-state index contributed by atoms with van der Waals surface area (Å²) in [7, 11) is 0. The summed E-state index contributed by atoms with van der Waals surface area (Å²) in [5.74, 6) is 1.59. The van der Waals surface area contributed by atoms with E-state index in [4.69, 9.17) is 0 Å². The minimum Gasteiger partial charge on any atom is -0.308 e. The number of nitrogens with zero attached hydrogens (tertiary/aromatic N) is 2. The molecular weight excluding hydrogens is 258 g/mol. The number of pyridine rings is 1. The number of hydrogen-bond acceptors (Lipinski definition) is 3. The molecule has 1 aromatic rings. The lowest BCUT2D eigenvalue weighted by Crippen LogP contribution is -2.65. The summed E-state index contributed by atoms with van der Waals surface area (Å²) in [6.07, 6.45) is 5.78. The second-order valence-electron chi connectivity index (χ2n) is 7.43. The minimum atomic E-state index is 0.329. The molecule has 116 valence electrons. The zero-order valence-corrected chi connectivity index (χ0v) is 13.7. The van der Waals surface area contributed by atoms with Gasteiger partial charge in [-0.2, -0.15) is 0 Å². The highest BCUT2D eigenvalue weighted by Gasteiger charge is 2.46. The molecule has 1 saturated heterocycles. The maximum Gasteiger partial charge on any atom is 0.0416 e. The maximum atomic E-state index is 4.47. The number of hydrogen-bond donors (Lipinski definition) is 1. The minimum absolute atomic E-state index is 0.329. The summed E-state index contributed by atoms with van der Waals surface area (Å²) in [6.45, 7) is 10.6. The number of nitrogens with one attached hydrogen (secondary N) is 1. The summed E-state index contributed by atoms with van der Waals surface area (Å²) < 4.78 is 0. The van der Waals surface area contributed by atoms with E-state index in [1.54, 1.807) is 0 Å². The average Bonchev–Trinajstić information content (AvgIpc) is 3.31. The van der Waals surface area contributed by atoms with Crippen LogP contribution in [-0.4, -0.2) is 41.1 Å². The standard InChI is InChI=1S/C18H29N3/c1-14(2)17-12-20-18(3,15-7-8-15)13-21(17)11-9-16-6-4-5-10-19-16/h4-6,10,14-15,17,20H,7-9,11-13H2,1-3H3. The van der Waals surface area contributed by atoms with E-state index >= 15 is 0 Å². The summed E-state index contributed by atoms with van der Waals surface area (Å²) in [6, 6.07) is 6.89. The molecule has 21 heavy (non-hydrogen) atoms. The summed E-state index contributed by atoms with van der Waals surface area (Å²) >= 11 is 0. The van der Waals surface area contributed by atoms with Crippen LogP contribution in [-0.2, 0) is 6.42 Å². The van der Waals surface area contributed by atoms with Crippen LogP contribution in [0, 0.1) is 11.8 Å². The molecule has 0 aromatic carbocycles. The summed E-state index contributed by atoms with van der Waals surface area (Å²) in [4.78, 5) is 7.19. The van der Waals surface area contributed by atoms with Crippen LogP contribution in [0.5, 0.6) is 0 Å². The Hall–Kier alpha value is -0.930. The molecule has 1 saturated carbocycles. The highest BCUT2D eigenvalue weighted by Crippen LogP contribution is 2.41. The zero-order chi connectivity index (χ0) is 14.9. The molecule has 3 heteroatoms. The van der Waals surface area contributed by atoms with Gasteiger partial charge in [0.15, 0.2) is 0 Å². The topological polar surface area (TPSA) is 28.2 Å². The van der Waals surface area contributed by atoms with E-state index in [1.807, 2.05) is 12.3 Å². The van der Waals surface area contributed by atoms with Crippen molar-refractivity contribution < 1.29 is 0 Å². The van der Waals surface area contributed by atoms with Crippen molar-refractivity contribution in [3.63, 3.8) is 0 Å². The first-order valence-electron chi connectivity index (χ1n) is 8.47. The fourth-order valence-electron chi connectivity index (χ4n) is 3.76. The Labute approximate surface area is 129 Å². The van der Waals surface area contributed by atoms with Gasteiger partial charge in [-0.3, -0.25) is 9.88 Å². The van der Waals surface area contributed by atoms with E-state index in [-0.39, 0.29) is 0 Å². The predicted octanol–water partition coefficient (Wildman–Crippen LogP) is 2.72. The molecule has 1 N–H and O–H groups in total. The van der Waals surface area contributed by atoms with Crippen LogP contribution in [0.25, 0.3) is 0 Å². The van der Waals surface area contributed by atoms with Crippen molar-refractivity contribution in [3.05, 3.63) is 30.1 Å². The molecule has 0 bridgehead atoms. The molecular formula is C18H29N3. The van der Waals surface area contributed by atoms with Gasteiger partial charge in [0.05, 0.1) is 0 Å². The van der Waals surface area contributed by atoms with Crippen LogP contribution in [0.1, 0.15) is 39.3 Å². The quantitative estimate of drug-likeness (QED) is 0.902. The first kappa shape index (κ1) is 15.0. The van der Waals surface area contributed by atoms with E-state index in [0.717, 1.165) is 25.4 Å². The van der Waals surface area contributed by atoms with Gasteiger partial charge in [0.1, 0.15) is 0 Å². The van der Waals surface area contributed by atoms with Gasteiger partial charge in [0.2, 0.25) is 0 Å². The van der Waals surface area contributed by atoms with Crippen molar-refractivity contribution in [1.82, 2.24) is 15.2 Å². The smallest absolute Gasteiger partial charge is 0.0416 e. The molecule has 2 unspecified atom stereocenters. The molecule has 2 atom stereocenters. The molecule has 3 rings (SSSR count). The third-order valence-electron chi connectivity index (χ3n) is 5.34. The first-order valence-corrected chi connectivity index (χ1v) is 8.47. The lowest BCUT2D eigenvalue weighted by atomic mass is 9.88. The van der Waals surface area contributed by atoms with E-state index in [1.165, 1.54) is 25.1 Å². The van der Waals surface area contributed by atoms with Crippen LogP contribution < -0.4 is 5.32 Å². The fraction of sp³-hybridized carbons (Fsp3) is 0.722.